The highest BCUT2D eigenvalue weighted by Gasteiger charge is 2.45. The third-order valence-corrected chi connectivity index (χ3v) is 6.41. The number of fused-ring (bicyclic) bond motifs is 1. The Balaban J connectivity index is 1.54. The molecule has 1 amide bonds. The van der Waals surface area contributed by atoms with Crippen LogP contribution in [-0.4, -0.2) is 32.9 Å². The maximum atomic E-state index is 13.5. The molecular formula is C30H29N3O4. The van der Waals surface area contributed by atoms with E-state index in [1.54, 1.807) is 12.1 Å². The number of Topliss-reactive ketones (excluding diaryl/α,β-unsaturated/α-hetero) is 1. The topological polar surface area (TPSA) is 95.5 Å². The molecule has 1 atom stereocenters. The molecule has 3 aromatic carbocycles. The monoisotopic (exact) mass is 495 g/mol. The van der Waals surface area contributed by atoms with E-state index in [9.17, 15) is 14.7 Å². The number of aryl methyl sites for hydroxylation is 2. The number of imidazole rings is 1. The summed E-state index contributed by atoms with van der Waals surface area (Å²) in [6, 6.07) is 21.8. The molecule has 5 rings (SSSR count). The van der Waals surface area contributed by atoms with Gasteiger partial charge in [0, 0.05) is 6.42 Å². The number of hydrogen-bond acceptors (Lipinski definition) is 5. The first-order valence-electron chi connectivity index (χ1n) is 12.4. The van der Waals surface area contributed by atoms with Crippen molar-refractivity contribution < 1.29 is 19.4 Å². The van der Waals surface area contributed by atoms with Crippen LogP contribution in [0.5, 0.6) is 5.75 Å². The Morgan fingerprint density at radius 3 is 2.51 bits per heavy atom. The van der Waals surface area contributed by atoms with Gasteiger partial charge in [-0.2, -0.15) is 0 Å². The second-order valence-electron chi connectivity index (χ2n) is 9.57. The van der Waals surface area contributed by atoms with Gasteiger partial charge in [0.25, 0.3) is 5.91 Å². The van der Waals surface area contributed by atoms with E-state index in [4.69, 9.17) is 4.74 Å². The second-order valence-corrected chi connectivity index (χ2v) is 9.57. The van der Waals surface area contributed by atoms with Crippen molar-refractivity contribution in [2.24, 2.45) is 0 Å². The summed E-state index contributed by atoms with van der Waals surface area (Å²) in [7, 11) is 0. The fraction of sp³-hybridized carbons (Fsp3) is 0.233. The van der Waals surface area contributed by atoms with E-state index >= 15 is 0 Å². The van der Waals surface area contributed by atoms with E-state index < -0.39 is 17.7 Å². The first-order chi connectivity index (χ1) is 17.8. The Labute approximate surface area is 215 Å². The van der Waals surface area contributed by atoms with Crippen LogP contribution in [0.15, 0.2) is 84.1 Å². The molecule has 2 heterocycles. The number of hydrogen-bond donors (Lipinski definition) is 2. The Bertz CT molecular complexity index is 1490. The Hall–Kier alpha value is -4.39. The number of aliphatic hydroxyl groups excluding tert-OH is 1. The summed E-state index contributed by atoms with van der Waals surface area (Å²) < 4.78 is 5.77. The summed E-state index contributed by atoms with van der Waals surface area (Å²) in [5, 5.41) is 11.0. The maximum Gasteiger partial charge on any atom is 0.296 e. The number of carbonyl (C=O) groups excluding carboxylic acids is 2. The van der Waals surface area contributed by atoms with Crippen LogP contribution in [0.3, 0.4) is 0 Å². The van der Waals surface area contributed by atoms with Gasteiger partial charge in [0.15, 0.2) is 11.5 Å². The minimum Gasteiger partial charge on any atom is -0.503 e. The second kappa shape index (κ2) is 9.93. The van der Waals surface area contributed by atoms with Crippen LogP contribution in [-0.2, 0) is 16.0 Å². The number of nitrogens with zero attached hydrogens (tertiary/aromatic N) is 2. The van der Waals surface area contributed by atoms with Crippen molar-refractivity contribution >= 4 is 28.7 Å². The normalized spacial score (nSPS) is 15.7. The van der Waals surface area contributed by atoms with Gasteiger partial charge in [-0.1, -0.05) is 48.5 Å². The van der Waals surface area contributed by atoms with Crippen molar-refractivity contribution in [3.05, 3.63) is 101 Å². The smallest absolute Gasteiger partial charge is 0.296 e. The lowest BCUT2D eigenvalue weighted by molar-refractivity contribution is -0.118. The summed E-state index contributed by atoms with van der Waals surface area (Å²) in [5.41, 5.74) is 4.27. The zero-order valence-corrected chi connectivity index (χ0v) is 21.1. The average Bonchev–Trinajstić information content (AvgIpc) is 3.41. The zero-order chi connectivity index (χ0) is 26.1. The molecule has 37 heavy (non-hydrogen) atoms. The summed E-state index contributed by atoms with van der Waals surface area (Å²) in [6.45, 7) is 5.86. The van der Waals surface area contributed by atoms with Crippen molar-refractivity contribution in [3.8, 4) is 5.75 Å². The van der Waals surface area contributed by atoms with Gasteiger partial charge in [-0.15, -0.1) is 0 Å². The standard InChI is InChI=1S/C30H29N3O4/c1-18(2)37-22-13-11-21(12-14-22)27-26(25(34)16-10-20-7-5-4-6-8-20)28(35)29(36)33(27)30-31-23-15-9-19(3)17-24(23)32-30/h4-9,11-15,17-18,27,35H,10,16H2,1-3H3,(H,31,32). The van der Waals surface area contributed by atoms with E-state index in [-0.39, 0.29) is 29.8 Å². The van der Waals surface area contributed by atoms with Crippen molar-refractivity contribution in [1.29, 1.82) is 0 Å². The van der Waals surface area contributed by atoms with Crippen LogP contribution in [0.2, 0.25) is 0 Å². The molecule has 4 aromatic rings. The number of anilines is 1. The van der Waals surface area contributed by atoms with Crippen LogP contribution in [0.1, 0.15) is 43.0 Å². The molecule has 188 valence electrons. The van der Waals surface area contributed by atoms with Crippen molar-refractivity contribution in [3.63, 3.8) is 0 Å². The lowest BCUT2D eigenvalue weighted by Crippen LogP contribution is -2.32. The summed E-state index contributed by atoms with van der Waals surface area (Å²) in [6.07, 6.45) is 0.672. The molecule has 2 N–H and O–H groups in total. The largest absolute Gasteiger partial charge is 0.503 e. The average molecular weight is 496 g/mol. The molecule has 0 bridgehead atoms. The van der Waals surface area contributed by atoms with Crippen LogP contribution in [0.25, 0.3) is 11.0 Å². The van der Waals surface area contributed by atoms with E-state index in [1.165, 1.54) is 4.90 Å². The van der Waals surface area contributed by atoms with Gasteiger partial charge < -0.3 is 14.8 Å². The number of H-pyrrole nitrogens is 1. The SMILES string of the molecule is Cc1ccc2nc(N3C(=O)C(O)=C(C(=O)CCc4ccccc4)C3c3ccc(OC(C)C)cc3)[nH]c2c1. The molecule has 0 saturated carbocycles. The number of ether oxygens (including phenoxy) is 1. The molecule has 0 radical (unpaired) electrons. The quantitative estimate of drug-likeness (QED) is 0.324. The molecule has 1 aromatic heterocycles. The molecule has 7 heteroatoms. The molecule has 1 unspecified atom stereocenters. The Morgan fingerprint density at radius 1 is 1.08 bits per heavy atom. The van der Waals surface area contributed by atoms with Crippen molar-refractivity contribution in [2.45, 2.75) is 45.8 Å². The predicted molar refractivity (Wildman–Crippen MR) is 143 cm³/mol. The molecule has 7 nitrogen and oxygen atoms in total. The fourth-order valence-electron chi connectivity index (χ4n) is 4.69. The molecule has 0 aliphatic carbocycles. The van der Waals surface area contributed by atoms with Gasteiger partial charge in [-0.25, -0.2) is 4.98 Å². The Morgan fingerprint density at radius 2 is 1.81 bits per heavy atom. The van der Waals surface area contributed by atoms with E-state index in [2.05, 4.69) is 9.97 Å². The van der Waals surface area contributed by atoms with E-state index in [1.807, 2.05) is 81.4 Å². The summed E-state index contributed by atoms with van der Waals surface area (Å²) in [5.74, 6) is -0.528. The van der Waals surface area contributed by atoms with Gasteiger partial charge in [-0.05, 0) is 68.1 Å². The minimum atomic E-state index is -0.828. The van der Waals surface area contributed by atoms with Crippen LogP contribution in [0, 0.1) is 6.92 Å². The minimum absolute atomic E-state index is 0.00785. The number of nitrogens with one attached hydrogen (secondary N) is 1. The van der Waals surface area contributed by atoms with E-state index in [0.717, 1.165) is 16.6 Å². The number of amides is 1. The zero-order valence-electron chi connectivity index (χ0n) is 21.1. The fourth-order valence-corrected chi connectivity index (χ4v) is 4.69. The molecular weight excluding hydrogens is 466 g/mol. The lowest BCUT2D eigenvalue weighted by Gasteiger charge is -2.25. The molecule has 1 aliphatic heterocycles. The molecule has 1 aliphatic rings. The number of carbonyl (C=O) groups is 2. The number of ketones is 1. The van der Waals surface area contributed by atoms with E-state index in [0.29, 0.717) is 23.3 Å². The number of aromatic nitrogens is 2. The predicted octanol–water partition coefficient (Wildman–Crippen LogP) is 5.76. The number of aliphatic hydroxyl groups is 1. The van der Waals surface area contributed by atoms with Crippen LogP contribution in [0.4, 0.5) is 5.95 Å². The highest BCUT2D eigenvalue weighted by atomic mass is 16.5. The highest BCUT2D eigenvalue weighted by Crippen LogP contribution is 2.41. The molecule has 0 saturated heterocycles. The highest BCUT2D eigenvalue weighted by molar-refractivity contribution is 6.16. The number of aromatic amines is 1. The summed E-state index contributed by atoms with van der Waals surface area (Å²) in [4.78, 5) is 36.1. The summed E-state index contributed by atoms with van der Waals surface area (Å²) >= 11 is 0. The lowest BCUT2D eigenvalue weighted by atomic mass is 9.93. The Kier molecular flexibility index (Phi) is 6.53. The van der Waals surface area contributed by atoms with Crippen LogP contribution < -0.4 is 9.64 Å². The molecule has 0 fully saturated rings. The van der Waals surface area contributed by atoms with Gasteiger partial charge in [0.1, 0.15) is 5.75 Å². The molecule has 0 spiro atoms. The number of benzene rings is 3. The number of rotatable bonds is 8. The van der Waals surface area contributed by atoms with Gasteiger partial charge in [0.05, 0.1) is 28.8 Å². The van der Waals surface area contributed by atoms with Crippen molar-refractivity contribution in [2.75, 3.05) is 4.90 Å². The van der Waals surface area contributed by atoms with Gasteiger partial charge >= 0.3 is 0 Å². The third-order valence-electron chi connectivity index (χ3n) is 6.41. The van der Waals surface area contributed by atoms with Crippen molar-refractivity contribution in [1.82, 2.24) is 9.97 Å². The maximum absolute atomic E-state index is 13.5. The third kappa shape index (κ3) is 4.85. The first-order valence-corrected chi connectivity index (χ1v) is 12.4. The van der Waals surface area contributed by atoms with Gasteiger partial charge in [0.2, 0.25) is 5.95 Å². The first kappa shape index (κ1) is 24.3. The van der Waals surface area contributed by atoms with Crippen LogP contribution >= 0.6 is 0 Å². The van der Waals surface area contributed by atoms with Gasteiger partial charge in [-0.3, -0.25) is 14.5 Å².